The summed E-state index contributed by atoms with van der Waals surface area (Å²) in [5.41, 5.74) is 1.27. The summed E-state index contributed by atoms with van der Waals surface area (Å²) in [6.07, 6.45) is 0.213. The summed E-state index contributed by atoms with van der Waals surface area (Å²) in [7, 11) is 0. The zero-order valence-electron chi connectivity index (χ0n) is 11.1. The van der Waals surface area contributed by atoms with E-state index < -0.39 is 5.60 Å². The fourth-order valence-electron chi connectivity index (χ4n) is 1.53. The molecule has 0 aliphatic heterocycles. The average molecular weight is 250 g/mol. The maximum absolute atomic E-state index is 11.7. The van der Waals surface area contributed by atoms with Crippen molar-refractivity contribution in [1.82, 2.24) is 0 Å². The van der Waals surface area contributed by atoms with Gasteiger partial charge in [0.2, 0.25) is 0 Å². The minimum Gasteiger partial charge on any atom is -0.460 e. The van der Waals surface area contributed by atoms with E-state index in [9.17, 15) is 9.59 Å². The number of carbonyl (C=O) groups excluding carboxylic acids is 2. The largest absolute Gasteiger partial charge is 0.460 e. The van der Waals surface area contributed by atoms with Gasteiger partial charge in [-0.15, -0.1) is 0 Å². The number of esters is 1. The molecule has 1 aromatic carbocycles. The first-order chi connectivity index (χ1) is 8.31. The van der Waals surface area contributed by atoms with Gasteiger partial charge >= 0.3 is 5.97 Å². The molecule has 4 heteroatoms. The fourth-order valence-corrected chi connectivity index (χ4v) is 1.53. The molecule has 0 fully saturated rings. The Morgan fingerprint density at radius 1 is 1.33 bits per heavy atom. The van der Waals surface area contributed by atoms with Crippen LogP contribution in [0.5, 0.6) is 5.75 Å². The van der Waals surface area contributed by atoms with Gasteiger partial charge in [0.1, 0.15) is 11.4 Å². The van der Waals surface area contributed by atoms with E-state index in [1.807, 2.05) is 27.7 Å². The molecule has 0 saturated carbocycles. The zero-order chi connectivity index (χ0) is 13.8. The van der Waals surface area contributed by atoms with Crippen LogP contribution in [0, 0.1) is 6.92 Å². The number of aryl methyl sites for hydroxylation is 1. The van der Waals surface area contributed by atoms with Crippen molar-refractivity contribution in [1.29, 1.82) is 0 Å². The molecular formula is C14H18O4. The summed E-state index contributed by atoms with van der Waals surface area (Å²) in [5, 5.41) is 0. The molecule has 0 N–H and O–H groups in total. The predicted octanol–water partition coefficient (Wildman–Crippen LogP) is 2.41. The van der Waals surface area contributed by atoms with Gasteiger partial charge in [0.15, 0.2) is 0 Å². The van der Waals surface area contributed by atoms with E-state index in [2.05, 4.69) is 0 Å². The molecule has 0 aliphatic rings. The van der Waals surface area contributed by atoms with Gasteiger partial charge in [-0.1, -0.05) is 6.07 Å². The minimum atomic E-state index is -0.481. The Balaban J connectivity index is 2.73. The van der Waals surface area contributed by atoms with Crippen molar-refractivity contribution in [2.75, 3.05) is 0 Å². The third-order valence-electron chi connectivity index (χ3n) is 2.25. The minimum absolute atomic E-state index is 0.213. The monoisotopic (exact) mass is 250 g/mol. The Hall–Kier alpha value is -1.84. The molecule has 0 saturated heterocycles. The number of hydrogen-bond donors (Lipinski definition) is 0. The van der Waals surface area contributed by atoms with Gasteiger partial charge in [-0.25, -0.2) is 0 Å². The van der Waals surface area contributed by atoms with Crippen LogP contribution in [0.15, 0.2) is 18.2 Å². The van der Waals surface area contributed by atoms with Crippen LogP contribution in [0.2, 0.25) is 0 Å². The first-order valence-corrected chi connectivity index (χ1v) is 5.73. The molecular weight excluding hydrogens is 232 g/mol. The van der Waals surface area contributed by atoms with Crippen LogP contribution < -0.4 is 4.74 Å². The lowest BCUT2D eigenvalue weighted by molar-refractivity contribution is -0.153. The number of carbonyl (C=O) groups is 2. The van der Waals surface area contributed by atoms with Crippen LogP contribution in [0.3, 0.4) is 0 Å². The molecule has 0 amide bonds. The molecule has 0 heterocycles. The zero-order valence-corrected chi connectivity index (χ0v) is 11.1. The van der Waals surface area contributed by atoms with Crippen LogP contribution in [0.4, 0.5) is 0 Å². The van der Waals surface area contributed by atoms with Gasteiger partial charge in [0.05, 0.1) is 6.42 Å². The van der Waals surface area contributed by atoms with E-state index in [4.69, 9.17) is 9.47 Å². The van der Waals surface area contributed by atoms with Crippen molar-refractivity contribution in [2.24, 2.45) is 0 Å². The highest BCUT2D eigenvalue weighted by Gasteiger charge is 2.17. The Morgan fingerprint density at radius 2 is 2.00 bits per heavy atom. The van der Waals surface area contributed by atoms with Crippen molar-refractivity contribution >= 4 is 12.4 Å². The van der Waals surface area contributed by atoms with Crippen molar-refractivity contribution in [3.8, 4) is 5.75 Å². The van der Waals surface area contributed by atoms with E-state index in [0.717, 1.165) is 11.1 Å². The SMILES string of the molecule is Cc1cc(OC=O)ccc1CC(=O)OC(C)(C)C. The van der Waals surface area contributed by atoms with E-state index in [1.165, 1.54) is 0 Å². The Labute approximate surface area is 107 Å². The molecule has 0 bridgehead atoms. The van der Waals surface area contributed by atoms with Crippen molar-refractivity contribution in [2.45, 2.75) is 39.7 Å². The van der Waals surface area contributed by atoms with E-state index in [-0.39, 0.29) is 12.4 Å². The van der Waals surface area contributed by atoms with Gasteiger partial charge in [-0.2, -0.15) is 0 Å². The van der Waals surface area contributed by atoms with Crippen LogP contribution in [-0.2, 0) is 20.7 Å². The highest BCUT2D eigenvalue weighted by atomic mass is 16.6. The molecule has 0 aromatic heterocycles. The van der Waals surface area contributed by atoms with Crippen LogP contribution in [0.1, 0.15) is 31.9 Å². The first kappa shape index (κ1) is 14.2. The molecule has 1 rings (SSSR count). The maximum Gasteiger partial charge on any atom is 0.310 e. The molecule has 0 unspecified atom stereocenters. The molecule has 1 aromatic rings. The van der Waals surface area contributed by atoms with Crippen molar-refractivity contribution < 1.29 is 19.1 Å². The van der Waals surface area contributed by atoms with Gasteiger partial charge < -0.3 is 9.47 Å². The first-order valence-electron chi connectivity index (χ1n) is 5.73. The van der Waals surface area contributed by atoms with E-state index >= 15 is 0 Å². The lowest BCUT2D eigenvalue weighted by Gasteiger charge is -2.19. The van der Waals surface area contributed by atoms with Crippen LogP contribution in [0.25, 0.3) is 0 Å². The van der Waals surface area contributed by atoms with E-state index in [1.54, 1.807) is 18.2 Å². The molecule has 0 spiro atoms. The normalized spacial score (nSPS) is 10.9. The lowest BCUT2D eigenvalue weighted by Crippen LogP contribution is -2.25. The predicted molar refractivity (Wildman–Crippen MR) is 67.4 cm³/mol. The molecule has 4 nitrogen and oxygen atoms in total. The second-order valence-electron chi connectivity index (χ2n) is 5.07. The second-order valence-corrected chi connectivity index (χ2v) is 5.07. The molecule has 98 valence electrons. The number of benzene rings is 1. The topological polar surface area (TPSA) is 52.6 Å². The van der Waals surface area contributed by atoms with Gasteiger partial charge in [-0.05, 0) is 51.0 Å². The van der Waals surface area contributed by atoms with Gasteiger partial charge in [0, 0.05) is 0 Å². The number of hydrogen-bond acceptors (Lipinski definition) is 4. The number of ether oxygens (including phenoxy) is 2. The Kier molecular flexibility index (Phi) is 4.48. The molecule has 0 radical (unpaired) electrons. The summed E-state index contributed by atoms with van der Waals surface area (Å²) in [5.74, 6) is 0.199. The summed E-state index contributed by atoms with van der Waals surface area (Å²) in [4.78, 5) is 21.9. The summed E-state index contributed by atoms with van der Waals surface area (Å²) >= 11 is 0. The van der Waals surface area contributed by atoms with Crippen LogP contribution >= 0.6 is 0 Å². The Morgan fingerprint density at radius 3 is 2.50 bits per heavy atom. The maximum atomic E-state index is 11.7. The van der Waals surface area contributed by atoms with Gasteiger partial charge in [-0.3, -0.25) is 9.59 Å². The number of rotatable bonds is 4. The van der Waals surface area contributed by atoms with E-state index in [0.29, 0.717) is 12.2 Å². The summed E-state index contributed by atoms with van der Waals surface area (Å²) in [6.45, 7) is 7.73. The smallest absolute Gasteiger partial charge is 0.310 e. The van der Waals surface area contributed by atoms with Gasteiger partial charge in [0.25, 0.3) is 6.47 Å². The third kappa shape index (κ3) is 4.57. The highest BCUT2D eigenvalue weighted by molar-refractivity contribution is 5.73. The fraction of sp³-hybridized carbons (Fsp3) is 0.429. The quantitative estimate of drug-likeness (QED) is 0.608. The van der Waals surface area contributed by atoms with Crippen molar-refractivity contribution in [3.63, 3.8) is 0 Å². The third-order valence-corrected chi connectivity index (χ3v) is 2.25. The molecule has 0 atom stereocenters. The standard InChI is InChI=1S/C14H18O4/c1-10-7-12(17-9-15)6-5-11(10)8-13(16)18-14(2,3)4/h5-7,9H,8H2,1-4H3. The second kappa shape index (κ2) is 5.67. The summed E-state index contributed by atoms with van der Waals surface area (Å²) < 4.78 is 9.98. The van der Waals surface area contributed by atoms with Crippen molar-refractivity contribution in [3.05, 3.63) is 29.3 Å². The highest BCUT2D eigenvalue weighted by Crippen LogP contribution is 2.18. The molecule has 0 aliphatic carbocycles. The lowest BCUT2D eigenvalue weighted by atomic mass is 10.1. The Bertz CT molecular complexity index is 444. The molecule has 18 heavy (non-hydrogen) atoms. The summed E-state index contributed by atoms with van der Waals surface area (Å²) in [6, 6.07) is 5.13. The average Bonchev–Trinajstić information content (AvgIpc) is 2.20. The van der Waals surface area contributed by atoms with Crippen LogP contribution in [-0.4, -0.2) is 18.0 Å².